The van der Waals surface area contributed by atoms with E-state index in [4.69, 9.17) is 4.74 Å². The number of carbonyl (C=O) groups is 1. The van der Waals surface area contributed by atoms with Gasteiger partial charge in [0, 0.05) is 12.7 Å². The van der Waals surface area contributed by atoms with Crippen molar-refractivity contribution in [3.63, 3.8) is 0 Å². The summed E-state index contributed by atoms with van der Waals surface area (Å²) in [6.45, 7) is 6.54. The molecular formula is C18H26O2. The normalized spacial score (nSPS) is 26.8. The molecule has 1 aromatic rings. The standard InChI is InChI=1S/C18H26O2/c1-13(2)15-7-9-16(10-8-15)17(19)18(20-4)11-5-6-14(3)12-18/h7-10,13-14H,5-6,11-12H2,1-4H3. The summed E-state index contributed by atoms with van der Waals surface area (Å²) in [7, 11) is 1.68. The number of benzene rings is 1. The van der Waals surface area contributed by atoms with Crippen molar-refractivity contribution >= 4 is 5.78 Å². The number of hydrogen-bond acceptors (Lipinski definition) is 2. The van der Waals surface area contributed by atoms with Crippen molar-refractivity contribution in [2.75, 3.05) is 7.11 Å². The average molecular weight is 274 g/mol. The van der Waals surface area contributed by atoms with Crippen molar-refractivity contribution in [3.05, 3.63) is 35.4 Å². The van der Waals surface area contributed by atoms with Crippen LogP contribution < -0.4 is 0 Å². The van der Waals surface area contributed by atoms with Crippen LogP contribution in [0.25, 0.3) is 0 Å². The van der Waals surface area contributed by atoms with Crippen LogP contribution in [0.5, 0.6) is 0 Å². The fraction of sp³-hybridized carbons (Fsp3) is 0.611. The molecule has 1 aromatic carbocycles. The van der Waals surface area contributed by atoms with E-state index in [0.29, 0.717) is 11.8 Å². The third-order valence-electron chi connectivity index (χ3n) is 4.60. The van der Waals surface area contributed by atoms with E-state index in [1.54, 1.807) is 7.11 Å². The van der Waals surface area contributed by atoms with Crippen molar-refractivity contribution in [2.24, 2.45) is 5.92 Å². The van der Waals surface area contributed by atoms with Crippen LogP contribution in [0.4, 0.5) is 0 Å². The van der Waals surface area contributed by atoms with Gasteiger partial charge in [-0.3, -0.25) is 4.79 Å². The van der Waals surface area contributed by atoms with Gasteiger partial charge in [0.05, 0.1) is 0 Å². The molecule has 1 saturated carbocycles. The smallest absolute Gasteiger partial charge is 0.194 e. The lowest BCUT2D eigenvalue weighted by molar-refractivity contribution is -0.0302. The zero-order chi connectivity index (χ0) is 14.8. The van der Waals surface area contributed by atoms with E-state index in [1.807, 2.05) is 12.1 Å². The maximum atomic E-state index is 12.9. The van der Waals surface area contributed by atoms with Crippen LogP contribution in [0, 0.1) is 5.92 Å². The molecule has 110 valence electrons. The van der Waals surface area contributed by atoms with Gasteiger partial charge in [-0.25, -0.2) is 0 Å². The summed E-state index contributed by atoms with van der Waals surface area (Å²) >= 11 is 0. The van der Waals surface area contributed by atoms with Crippen LogP contribution in [-0.4, -0.2) is 18.5 Å². The van der Waals surface area contributed by atoms with Crippen LogP contribution in [0.2, 0.25) is 0 Å². The summed E-state index contributed by atoms with van der Waals surface area (Å²) in [6.07, 6.45) is 3.96. The summed E-state index contributed by atoms with van der Waals surface area (Å²) in [5.74, 6) is 1.20. The molecule has 0 aliphatic heterocycles. The average Bonchev–Trinajstić information content (AvgIpc) is 2.46. The lowest BCUT2D eigenvalue weighted by Crippen LogP contribution is -2.44. The second-order valence-corrected chi connectivity index (χ2v) is 6.51. The first kappa shape index (κ1) is 15.2. The van der Waals surface area contributed by atoms with E-state index in [2.05, 4.69) is 32.9 Å². The second-order valence-electron chi connectivity index (χ2n) is 6.51. The predicted molar refractivity (Wildman–Crippen MR) is 82.2 cm³/mol. The van der Waals surface area contributed by atoms with Crippen molar-refractivity contribution in [1.29, 1.82) is 0 Å². The lowest BCUT2D eigenvalue weighted by Gasteiger charge is -2.37. The molecule has 0 heterocycles. The zero-order valence-corrected chi connectivity index (χ0v) is 13.1. The van der Waals surface area contributed by atoms with Gasteiger partial charge < -0.3 is 4.74 Å². The van der Waals surface area contributed by atoms with Crippen molar-refractivity contribution in [3.8, 4) is 0 Å². The van der Waals surface area contributed by atoms with Gasteiger partial charge in [-0.15, -0.1) is 0 Å². The predicted octanol–water partition coefficient (Wildman–Crippen LogP) is 4.59. The molecule has 2 atom stereocenters. The molecule has 0 saturated heterocycles. The highest BCUT2D eigenvalue weighted by Gasteiger charge is 2.42. The summed E-state index contributed by atoms with van der Waals surface area (Å²) in [5.41, 5.74) is 1.45. The zero-order valence-electron chi connectivity index (χ0n) is 13.1. The summed E-state index contributed by atoms with van der Waals surface area (Å²) in [4.78, 5) is 12.9. The Labute approximate surface area is 122 Å². The van der Waals surface area contributed by atoms with Crippen LogP contribution in [0.3, 0.4) is 0 Å². The molecule has 0 spiro atoms. The molecule has 2 nitrogen and oxygen atoms in total. The Balaban J connectivity index is 2.24. The minimum Gasteiger partial charge on any atom is -0.370 e. The first-order chi connectivity index (χ1) is 9.48. The quantitative estimate of drug-likeness (QED) is 0.751. The molecule has 0 bridgehead atoms. The second kappa shape index (κ2) is 6.09. The summed E-state index contributed by atoms with van der Waals surface area (Å²) in [5, 5.41) is 0. The van der Waals surface area contributed by atoms with Crippen LogP contribution in [0.15, 0.2) is 24.3 Å². The number of rotatable bonds is 4. The number of Topliss-reactive ketones (excluding diaryl/α,β-unsaturated/α-hetero) is 1. The molecule has 2 rings (SSSR count). The van der Waals surface area contributed by atoms with Crippen LogP contribution in [-0.2, 0) is 4.74 Å². The molecule has 0 amide bonds. The molecular weight excluding hydrogens is 248 g/mol. The number of ether oxygens (including phenoxy) is 1. The van der Waals surface area contributed by atoms with Gasteiger partial charge in [0.25, 0.3) is 0 Å². The van der Waals surface area contributed by atoms with E-state index in [0.717, 1.165) is 24.8 Å². The monoisotopic (exact) mass is 274 g/mol. The Morgan fingerprint density at radius 1 is 1.30 bits per heavy atom. The number of carbonyl (C=O) groups excluding carboxylic acids is 1. The van der Waals surface area contributed by atoms with Gasteiger partial charge in [0.2, 0.25) is 0 Å². The maximum absolute atomic E-state index is 12.9. The number of methoxy groups -OCH3 is 1. The number of ketones is 1. The highest BCUT2D eigenvalue weighted by atomic mass is 16.5. The molecule has 20 heavy (non-hydrogen) atoms. The SMILES string of the molecule is COC1(C(=O)c2ccc(C(C)C)cc2)CCCC(C)C1. The van der Waals surface area contributed by atoms with Gasteiger partial charge in [0.1, 0.15) is 5.60 Å². The molecule has 1 aliphatic carbocycles. The van der Waals surface area contributed by atoms with Crippen molar-refractivity contribution in [2.45, 2.75) is 58.0 Å². The largest absolute Gasteiger partial charge is 0.370 e. The van der Waals surface area contributed by atoms with Gasteiger partial charge in [0.15, 0.2) is 5.78 Å². The molecule has 0 radical (unpaired) electrons. The van der Waals surface area contributed by atoms with E-state index in [1.165, 1.54) is 12.0 Å². The van der Waals surface area contributed by atoms with Crippen LogP contribution in [0.1, 0.15) is 68.3 Å². The molecule has 0 aromatic heterocycles. The van der Waals surface area contributed by atoms with Crippen molar-refractivity contribution in [1.82, 2.24) is 0 Å². The van der Waals surface area contributed by atoms with Gasteiger partial charge in [-0.1, -0.05) is 51.5 Å². The fourth-order valence-electron chi connectivity index (χ4n) is 3.27. The Morgan fingerprint density at radius 2 is 1.95 bits per heavy atom. The summed E-state index contributed by atoms with van der Waals surface area (Å²) < 4.78 is 5.69. The van der Waals surface area contributed by atoms with E-state index in [9.17, 15) is 4.79 Å². The highest BCUT2D eigenvalue weighted by molar-refractivity contribution is 6.02. The summed E-state index contributed by atoms with van der Waals surface area (Å²) in [6, 6.07) is 8.04. The van der Waals surface area contributed by atoms with Gasteiger partial charge in [-0.2, -0.15) is 0 Å². The molecule has 1 aliphatic rings. The maximum Gasteiger partial charge on any atom is 0.194 e. The van der Waals surface area contributed by atoms with Gasteiger partial charge >= 0.3 is 0 Å². The first-order valence-corrected chi connectivity index (χ1v) is 7.68. The number of hydrogen-bond donors (Lipinski definition) is 0. The molecule has 2 heteroatoms. The topological polar surface area (TPSA) is 26.3 Å². The molecule has 1 fully saturated rings. The highest BCUT2D eigenvalue weighted by Crippen LogP contribution is 2.37. The first-order valence-electron chi connectivity index (χ1n) is 7.68. The third-order valence-corrected chi connectivity index (χ3v) is 4.60. The Hall–Kier alpha value is -1.15. The van der Waals surface area contributed by atoms with Crippen LogP contribution >= 0.6 is 0 Å². The minimum absolute atomic E-state index is 0.154. The van der Waals surface area contributed by atoms with E-state index in [-0.39, 0.29) is 5.78 Å². The lowest BCUT2D eigenvalue weighted by atomic mass is 9.74. The van der Waals surface area contributed by atoms with Crippen molar-refractivity contribution < 1.29 is 9.53 Å². The Bertz CT molecular complexity index is 461. The Kier molecular flexibility index (Phi) is 4.64. The molecule has 0 N–H and O–H groups in total. The minimum atomic E-state index is -0.600. The van der Waals surface area contributed by atoms with E-state index >= 15 is 0 Å². The molecule has 2 unspecified atom stereocenters. The van der Waals surface area contributed by atoms with Gasteiger partial charge in [-0.05, 0) is 36.7 Å². The third kappa shape index (κ3) is 2.95. The Morgan fingerprint density at radius 3 is 2.45 bits per heavy atom. The fourth-order valence-corrected chi connectivity index (χ4v) is 3.27. The van der Waals surface area contributed by atoms with E-state index < -0.39 is 5.60 Å².